The lowest BCUT2D eigenvalue weighted by Gasteiger charge is -2.05. The van der Waals surface area contributed by atoms with E-state index in [0.717, 1.165) is 0 Å². The number of hydrogen-bond acceptors (Lipinski definition) is 2. The SMILES string of the molecule is C1=NC(c2ccccc2)S/C1=C\c1ccccc1. The zero-order valence-electron chi connectivity index (χ0n) is 9.86. The van der Waals surface area contributed by atoms with Gasteiger partial charge in [0.25, 0.3) is 0 Å². The zero-order chi connectivity index (χ0) is 12.2. The predicted molar refractivity (Wildman–Crippen MR) is 79.7 cm³/mol. The van der Waals surface area contributed by atoms with Gasteiger partial charge in [-0.05, 0) is 17.2 Å². The van der Waals surface area contributed by atoms with E-state index in [1.807, 2.05) is 18.3 Å². The molecule has 2 aromatic carbocycles. The van der Waals surface area contributed by atoms with Crippen molar-refractivity contribution in [3.8, 4) is 0 Å². The monoisotopic (exact) mass is 251 g/mol. The summed E-state index contributed by atoms with van der Waals surface area (Å²) in [5.74, 6) is 0. The molecule has 0 bridgehead atoms. The molecule has 1 aliphatic heterocycles. The van der Waals surface area contributed by atoms with Gasteiger partial charge < -0.3 is 0 Å². The molecule has 1 heterocycles. The molecule has 3 rings (SSSR count). The van der Waals surface area contributed by atoms with Gasteiger partial charge in [-0.3, -0.25) is 4.99 Å². The van der Waals surface area contributed by atoms with Crippen LogP contribution in [0.3, 0.4) is 0 Å². The number of benzene rings is 2. The molecule has 0 saturated carbocycles. The minimum atomic E-state index is 0.209. The van der Waals surface area contributed by atoms with Crippen LogP contribution in [0.1, 0.15) is 16.5 Å². The van der Waals surface area contributed by atoms with Crippen LogP contribution < -0.4 is 0 Å². The van der Waals surface area contributed by atoms with Gasteiger partial charge in [0.05, 0.1) is 0 Å². The fourth-order valence-corrected chi connectivity index (χ4v) is 2.89. The number of rotatable bonds is 2. The van der Waals surface area contributed by atoms with Gasteiger partial charge >= 0.3 is 0 Å². The first-order valence-electron chi connectivity index (χ1n) is 5.93. The van der Waals surface area contributed by atoms with Gasteiger partial charge in [0.1, 0.15) is 5.37 Å². The van der Waals surface area contributed by atoms with Crippen LogP contribution in [0.5, 0.6) is 0 Å². The average molecular weight is 251 g/mol. The van der Waals surface area contributed by atoms with E-state index in [1.165, 1.54) is 16.0 Å². The second kappa shape index (κ2) is 5.23. The fraction of sp³-hybridized carbons (Fsp3) is 0.0625. The van der Waals surface area contributed by atoms with Crippen molar-refractivity contribution < 1.29 is 0 Å². The molecule has 18 heavy (non-hydrogen) atoms. The van der Waals surface area contributed by atoms with Crippen molar-refractivity contribution in [2.45, 2.75) is 5.37 Å². The molecule has 0 saturated heterocycles. The van der Waals surface area contributed by atoms with Crippen molar-refractivity contribution in [2.75, 3.05) is 0 Å². The van der Waals surface area contributed by atoms with Gasteiger partial charge in [-0.15, -0.1) is 0 Å². The summed E-state index contributed by atoms with van der Waals surface area (Å²) in [5, 5.41) is 0.209. The van der Waals surface area contributed by atoms with Crippen molar-refractivity contribution >= 4 is 24.1 Å². The molecule has 0 fully saturated rings. The number of hydrogen-bond donors (Lipinski definition) is 0. The van der Waals surface area contributed by atoms with Crippen LogP contribution in [0.25, 0.3) is 6.08 Å². The Morgan fingerprint density at radius 3 is 2.28 bits per heavy atom. The van der Waals surface area contributed by atoms with Gasteiger partial charge in [0.2, 0.25) is 0 Å². The second-order valence-corrected chi connectivity index (χ2v) is 5.27. The third-order valence-electron chi connectivity index (χ3n) is 2.78. The minimum Gasteiger partial charge on any atom is -0.273 e. The van der Waals surface area contributed by atoms with E-state index in [2.05, 4.69) is 59.6 Å². The Kier molecular flexibility index (Phi) is 3.29. The molecule has 0 amide bonds. The number of nitrogens with zero attached hydrogens (tertiary/aromatic N) is 1. The van der Waals surface area contributed by atoms with Gasteiger partial charge in [-0.1, -0.05) is 72.4 Å². The highest BCUT2D eigenvalue weighted by Gasteiger charge is 2.16. The van der Waals surface area contributed by atoms with Gasteiger partial charge in [-0.2, -0.15) is 0 Å². The van der Waals surface area contributed by atoms with Crippen LogP contribution in [-0.2, 0) is 0 Å². The maximum absolute atomic E-state index is 4.55. The van der Waals surface area contributed by atoms with Crippen molar-refractivity contribution in [1.82, 2.24) is 0 Å². The highest BCUT2D eigenvalue weighted by molar-refractivity contribution is 8.04. The standard InChI is InChI=1S/C16H13NS/c1-3-7-13(8-4-1)11-15-12-17-16(18-15)14-9-5-2-6-10-14/h1-12,16H/b15-11-. The van der Waals surface area contributed by atoms with E-state index in [-0.39, 0.29) is 5.37 Å². The number of thioether (sulfide) groups is 1. The van der Waals surface area contributed by atoms with Crippen LogP contribution in [0.15, 0.2) is 70.6 Å². The molecule has 0 aromatic heterocycles. The van der Waals surface area contributed by atoms with Crippen molar-refractivity contribution in [3.63, 3.8) is 0 Å². The largest absolute Gasteiger partial charge is 0.273 e. The van der Waals surface area contributed by atoms with E-state index in [0.29, 0.717) is 0 Å². The Balaban J connectivity index is 1.77. The molecule has 0 N–H and O–H groups in total. The molecule has 1 aliphatic rings. The summed E-state index contributed by atoms with van der Waals surface area (Å²) in [6.07, 6.45) is 4.15. The summed E-state index contributed by atoms with van der Waals surface area (Å²) in [4.78, 5) is 5.77. The number of allylic oxidation sites excluding steroid dienone is 1. The molecule has 1 nitrogen and oxygen atoms in total. The van der Waals surface area contributed by atoms with Crippen LogP contribution in [0.4, 0.5) is 0 Å². The Hall–Kier alpha value is -1.80. The van der Waals surface area contributed by atoms with E-state index < -0.39 is 0 Å². The summed E-state index contributed by atoms with van der Waals surface area (Å²) in [6.45, 7) is 0. The summed E-state index contributed by atoms with van der Waals surface area (Å²) in [7, 11) is 0. The maximum atomic E-state index is 4.55. The van der Waals surface area contributed by atoms with Gasteiger partial charge in [0.15, 0.2) is 0 Å². The smallest absolute Gasteiger partial charge is 0.125 e. The molecule has 1 unspecified atom stereocenters. The Morgan fingerprint density at radius 1 is 0.889 bits per heavy atom. The van der Waals surface area contributed by atoms with Crippen molar-refractivity contribution in [3.05, 3.63) is 76.7 Å². The lowest BCUT2D eigenvalue weighted by Crippen LogP contribution is -1.84. The molecular weight excluding hydrogens is 238 g/mol. The summed E-state index contributed by atoms with van der Waals surface area (Å²) >= 11 is 1.80. The number of aliphatic imine (C=N–C) groups is 1. The fourth-order valence-electron chi connectivity index (χ4n) is 1.89. The lowest BCUT2D eigenvalue weighted by atomic mass is 10.2. The lowest BCUT2D eigenvalue weighted by molar-refractivity contribution is 1.06. The third kappa shape index (κ3) is 2.54. The first-order valence-corrected chi connectivity index (χ1v) is 6.81. The molecule has 0 radical (unpaired) electrons. The highest BCUT2D eigenvalue weighted by atomic mass is 32.2. The molecule has 2 heteroatoms. The van der Waals surface area contributed by atoms with E-state index >= 15 is 0 Å². The molecule has 0 spiro atoms. The molecule has 0 aliphatic carbocycles. The van der Waals surface area contributed by atoms with Crippen molar-refractivity contribution in [1.29, 1.82) is 0 Å². The zero-order valence-corrected chi connectivity index (χ0v) is 10.7. The molecule has 2 aromatic rings. The minimum absolute atomic E-state index is 0.209. The summed E-state index contributed by atoms with van der Waals surface area (Å²) < 4.78 is 0. The van der Waals surface area contributed by atoms with E-state index in [1.54, 1.807) is 11.8 Å². The maximum Gasteiger partial charge on any atom is 0.125 e. The quantitative estimate of drug-likeness (QED) is 0.763. The summed E-state index contributed by atoms with van der Waals surface area (Å²) in [6, 6.07) is 20.8. The average Bonchev–Trinajstić information content (AvgIpc) is 2.89. The van der Waals surface area contributed by atoms with E-state index in [9.17, 15) is 0 Å². The predicted octanol–water partition coefficient (Wildman–Crippen LogP) is 4.54. The van der Waals surface area contributed by atoms with E-state index in [4.69, 9.17) is 0 Å². The summed E-state index contributed by atoms with van der Waals surface area (Å²) in [5.41, 5.74) is 2.48. The first kappa shape index (κ1) is 11.3. The first-order chi connectivity index (χ1) is 8.92. The Bertz CT molecular complexity index is 573. The highest BCUT2D eigenvalue weighted by Crippen LogP contribution is 2.40. The van der Waals surface area contributed by atoms with Crippen LogP contribution >= 0.6 is 11.8 Å². The molecule has 88 valence electrons. The second-order valence-electron chi connectivity index (χ2n) is 4.12. The Morgan fingerprint density at radius 2 is 1.56 bits per heavy atom. The third-order valence-corrected chi connectivity index (χ3v) is 3.89. The van der Waals surface area contributed by atoms with Gasteiger partial charge in [0, 0.05) is 11.1 Å². The Labute approximate surface area is 111 Å². The topological polar surface area (TPSA) is 12.4 Å². The van der Waals surface area contributed by atoms with Crippen LogP contribution in [-0.4, -0.2) is 6.21 Å². The molecular formula is C16H13NS. The van der Waals surface area contributed by atoms with Gasteiger partial charge in [-0.25, -0.2) is 0 Å². The normalized spacial score (nSPS) is 20.4. The molecule has 1 atom stereocenters. The van der Waals surface area contributed by atoms with Crippen LogP contribution in [0.2, 0.25) is 0 Å². The van der Waals surface area contributed by atoms with Crippen LogP contribution in [0, 0.1) is 0 Å². The van der Waals surface area contributed by atoms with Crippen molar-refractivity contribution in [2.24, 2.45) is 4.99 Å².